The highest BCUT2D eigenvalue weighted by molar-refractivity contribution is 5.59. The van der Waals surface area contributed by atoms with Gasteiger partial charge in [-0.05, 0) is 37.6 Å². The van der Waals surface area contributed by atoms with Crippen LogP contribution in [-0.2, 0) is 0 Å². The quantitative estimate of drug-likeness (QED) is 0.787. The minimum atomic E-state index is 0.247. The fourth-order valence-corrected chi connectivity index (χ4v) is 2.42. The van der Waals surface area contributed by atoms with Crippen LogP contribution in [0.2, 0.25) is 0 Å². The maximum absolute atomic E-state index is 8.99. The van der Waals surface area contributed by atoms with Gasteiger partial charge >= 0.3 is 0 Å². The van der Waals surface area contributed by atoms with E-state index in [0.29, 0.717) is 0 Å². The van der Waals surface area contributed by atoms with Crippen molar-refractivity contribution in [2.75, 3.05) is 50.0 Å². The van der Waals surface area contributed by atoms with Gasteiger partial charge in [-0.2, -0.15) is 0 Å². The van der Waals surface area contributed by atoms with Crippen molar-refractivity contribution >= 4 is 11.4 Å². The molecule has 0 amide bonds. The molecule has 1 saturated heterocycles. The Hall–Kier alpha value is -1.26. The van der Waals surface area contributed by atoms with E-state index in [1.54, 1.807) is 0 Å². The number of aliphatic hydroxyl groups is 1. The summed E-state index contributed by atoms with van der Waals surface area (Å²) >= 11 is 0. The molecule has 1 aliphatic heterocycles. The van der Waals surface area contributed by atoms with Crippen molar-refractivity contribution in [1.29, 1.82) is 0 Å². The molecule has 3 N–H and O–H groups in total. The standard InChI is InChI=1S/C14H23N3O/c1-12-3-4-13(11-14(12)15)17-6-2-5-16(7-8-17)9-10-18/h3-4,11,18H,2,5-10,15H2,1H3. The average molecular weight is 249 g/mol. The van der Waals surface area contributed by atoms with Gasteiger partial charge in [0.1, 0.15) is 0 Å². The molecule has 0 unspecified atom stereocenters. The number of hydrogen-bond donors (Lipinski definition) is 2. The Bertz CT molecular complexity index is 395. The monoisotopic (exact) mass is 249 g/mol. The van der Waals surface area contributed by atoms with Crippen LogP contribution >= 0.6 is 0 Å². The molecule has 2 rings (SSSR count). The molecule has 0 radical (unpaired) electrons. The second kappa shape index (κ2) is 6.07. The number of nitrogens with two attached hydrogens (primary N) is 1. The molecule has 0 bridgehead atoms. The summed E-state index contributed by atoms with van der Waals surface area (Å²) in [6, 6.07) is 6.30. The minimum absolute atomic E-state index is 0.247. The summed E-state index contributed by atoms with van der Waals surface area (Å²) in [7, 11) is 0. The third-order valence-corrected chi connectivity index (χ3v) is 3.63. The molecular formula is C14H23N3O. The smallest absolute Gasteiger partial charge is 0.0558 e. The fourth-order valence-electron chi connectivity index (χ4n) is 2.42. The Morgan fingerprint density at radius 1 is 1.22 bits per heavy atom. The number of nitrogens with zero attached hydrogens (tertiary/aromatic N) is 2. The maximum atomic E-state index is 8.99. The van der Waals surface area contributed by atoms with E-state index in [1.807, 2.05) is 6.92 Å². The molecule has 100 valence electrons. The highest BCUT2D eigenvalue weighted by atomic mass is 16.3. The molecule has 4 heteroatoms. The lowest BCUT2D eigenvalue weighted by atomic mass is 10.1. The van der Waals surface area contributed by atoms with Crippen LogP contribution in [0.25, 0.3) is 0 Å². The third kappa shape index (κ3) is 3.15. The lowest BCUT2D eigenvalue weighted by molar-refractivity contribution is 0.204. The molecule has 18 heavy (non-hydrogen) atoms. The SMILES string of the molecule is Cc1ccc(N2CCCN(CCO)CC2)cc1N. The Morgan fingerprint density at radius 2 is 2.06 bits per heavy atom. The molecule has 1 aromatic rings. The van der Waals surface area contributed by atoms with Gasteiger partial charge in [0.15, 0.2) is 0 Å². The van der Waals surface area contributed by atoms with Crippen LogP contribution in [0.5, 0.6) is 0 Å². The van der Waals surface area contributed by atoms with Crippen LogP contribution in [-0.4, -0.2) is 49.3 Å². The summed E-state index contributed by atoms with van der Waals surface area (Å²) in [5.74, 6) is 0. The summed E-state index contributed by atoms with van der Waals surface area (Å²) in [4.78, 5) is 4.70. The first-order valence-electron chi connectivity index (χ1n) is 6.65. The van der Waals surface area contributed by atoms with Crippen LogP contribution in [0.3, 0.4) is 0 Å². The first-order valence-corrected chi connectivity index (χ1v) is 6.65. The van der Waals surface area contributed by atoms with Crippen LogP contribution in [0.1, 0.15) is 12.0 Å². The van der Waals surface area contributed by atoms with Gasteiger partial charge in [-0.1, -0.05) is 6.07 Å². The Kier molecular flexibility index (Phi) is 4.44. The number of anilines is 2. The van der Waals surface area contributed by atoms with Crippen molar-refractivity contribution in [2.24, 2.45) is 0 Å². The van der Waals surface area contributed by atoms with E-state index in [2.05, 4.69) is 28.0 Å². The van der Waals surface area contributed by atoms with Gasteiger partial charge < -0.3 is 15.7 Å². The van der Waals surface area contributed by atoms with Gasteiger partial charge in [-0.25, -0.2) is 0 Å². The van der Waals surface area contributed by atoms with Gasteiger partial charge in [0.25, 0.3) is 0 Å². The zero-order chi connectivity index (χ0) is 13.0. The summed E-state index contributed by atoms with van der Waals surface area (Å²) < 4.78 is 0. The Morgan fingerprint density at radius 3 is 2.78 bits per heavy atom. The predicted octanol–water partition coefficient (Wildman–Crippen LogP) is 1.08. The summed E-state index contributed by atoms with van der Waals surface area (Å²) in [5, 5.41) is 8.99. The number of aliphatic hydroxyl groups excluding tert-OH is 1. The van der Waals surface area contributed by atoms with Crippen LogP contribution in [0, 0.1) is 6.92 Å². The molecule has 0 aromatic heterocycles. The van der Waals surface area contributed by atoms with Gasteiger partial charge in [0.05, 0.1) is 6.61 Å². The van der Waals surface area contributed by atoms with Gasteiger partial charge in [-0.3, -0.25) is 4.90 Å². The summed E-state index contributed by atoms with van der Waals surface area (Å²) in [6.45, 7) is 7.20. The predicted molar refractivity (Wildman–Crippen MR) is 75.9 cm³/mol. The normalized spacial score (nSPS) is 17.8. The molecule has 0 atom stereocenters. The summed E-state index contributed by atoms with van der Waals surface area (Å²) in [6.07, 6.45) is 1.13. The van der Waals surface area contributed by atoms with E-state index >= 15 is 0 Å². The second-order valence-electron chi connectivity index (χ2n) is 4.95. The minimum Gasteiger partial charge on any atom is -0.398 e. The van der Waals surface area contributed by atoms with Crippen molar-refractivity contribution in [1.82, 2.24) is 4.90 Å². The van der Waals surface area contributed by atoms with Crippen molar-refractivity contribution in [3.8, 4) is 0 Å². The van der Waals surface area contributed by atoms with Crippen molar-refractivity contribution in [2.45, 2.75) is 13.3 Å². The van der Waals surface area contributed by atoms with E-state index in [1.165, 1.54) is 5.69 Å². The van der Waals surface area contributed by atoms with E-state index in [4.69, 9.17) is 10.8 Å². The second-order valence-corrected chi connectivity index (χ2v) is 4.95. The fraction of sp³-hybridized carbons (Fsp3) is 0.571. The lowest BCUT2D eigenvalue weighted by Gasteiger charge is -2.24. The maximum Gasteiger partial charge on any atom is 0.0558 e. The third-order valence-electron chi connectivity index (χ3n) is 3.63. The molecule has 0 spiro atoms. The molecular weight excluding hydrogens is 226 g/mol. The first kappa shape index (κ1) is 13.2. The molecule has 0 saturated carbocycles. The Balaban J connectivity index is 2.02. The van der Waals surface area contributed by atoms with Crippen LogP contribution in [0.4, 0.5) is 11.4 Å². The molecule has 1 fully saturated rings. The van der Waals surface area contributed by atoms with Crippen LogP contribution in [0.15, 0.2) is 18.2 Å². The number of benzene rings is 1. The summed E-state index contributed by atoms with van der Waals surface area (Å²) in [5.41, 5.74) is 9.18. The first-order chi connectivity index (χ1) is 8.70. The van der Waals surface area contributed by atoms with Crippen LogP contribution < -0.4 is 10.6 Å². The molecule has 1 aromatic carbocycles. The van der Waals surface area contributed by atoms with E-state index in [9.17, 15) is 0 Å². The highest BCUT2D eigenvalue weighted by Crippen LogP contribution is 2.22. The van der Waals surface area contributed by atoms with E-state index in [-0.39, 0.29) is 6.61 Å². The number of aryl methyl sites for hydroxylation is 1. The average Bonchev–Trinajstić information content (AvgIpc) is 2.59. The van der Waals surface area contributed by atoms with Gasteiger partial charge in [-0.15, -0.1) is 0 Å². The number of hydrogen-bond acceptors (Lipinski definition) is 4. The Labute approximate surface area is 109 Å². The largest absolute Gasteiger partial charge is 0.398 e. The van der Waals surface area contributed by atoms with Crippen molar-refractivity contribution in [3.63, 3.8) is 0 Å². The number of nitrogen functional groups attached to an aromatic ring is 1. The topological polar surface area (TPSA) is 52.7 Å². The molecule has 1 aliphatic rings. The van der Waals surface area contributed by atoms with Gasteiger partial charge in [0, 0.05) is 37.6 Å². The van der Waals surface area contributed by atoms with E-state index in [0.717, 1.165) is 50.4 Å². The zero-order valence-corrected chi connectivity index (χ0v) is 11.1. The molecule has 4 nitrogen and oxygen atoms in total. The number of rotatable bonds is 3. The van der Waals surface area contributed by atoms with Crippen molar-refractivity contribution in [3.05, 3.63) is 23.8 Å². The van der Waals surface area contributed by atoms with Gasteiger partial charge in [0.2, 0.25) is 0 Å². The molecule has 1 heterocycles. The molecule has 0 aliphatic carbocycles. The number of β-amino-alcohol motifs (C(OH)–C–C–N with tert-alkyl or cyclic N) is 1. The van der Waals surface area contributed by atoms with Crippen molar-refractivity contribution < 1.29 is 5.11 Å². The van der Waals surface area contributed by atoms with E-state index < -0.39 is 0 Å². The lowest BCUT2D eigenvalue weighted by Crippen LogP contribution is -2.32. The zero-order valence-electron chi connectivity index (χ0n) is 11.1. The highest BCUT2D eigenvalue weighted by Gasteiger charge is 2.14.